The van der Waals surface area contributed by atoms with Gasteiger partial charge in [-0.05, 0) is 19.1 Å². The molecule has 0 amide bonds. The fourth-order valence-corrected chi connectivity index (χ4v) is 1.79. The molecule has 0 bridgehead atoms. The molecule has 0 saturated heterocycles. The van der Waals surface area contributed by atoms with Crippen LogP contribution in [0.15, 0.2) is 24.3 Å². The van der Waals surface area contributed by atoms with Crippen LogP contribution in [0.5, 0.6) is 5.88 Å². The van der Waals surface area contributed by atoms with Gasteiger partial charge in [-0.3, -0.25) is 0 Å². The molecule has 5 nitrogen and oxygen atoms in total. The predicted molar refractivity (Wildman–Crippen MR) is 70.9 cm³/mol. The maximum atomic E-state index is 5.28. The van der Waals surface area contributed by atoms with Gasteiger partial charge < -0.3 is 4.74 Å². The van der Waals surface area contributed by atoms with Crippen molar-refractivity contribution in [3.05, 3.63) is 30.0 Å². The topological polar surface area (TPSA) is 52.3 Å². The van der Waals surface area contributed by atoms with Crippen molar-refractivity contribution in [2.75, 3.05) is 7.11 Å². The van der Waals surface area contributed by atoms with Gasteiger partial charge in [0.15, 0.2) is 5.65 Å². The summed E-state index contributed by atoms with van der Waals surface area (Å²) < 4.78 is 7.01. The first kappa shape index (κ1) is 12.3. The van der Waals surface area contributed by atoms with Crippen LogP contribution in [0.1, 0.15) is 19.5 Å². The van der Waals surface area contributed by atoms with Crippen molar-refractivity contribution in [1.82, 2.24) is 19.8 Å². The van der Waals surface area contributed by atoms with Gasteiger partial charge in [0.2, 0.25) is 5.88 Å². The van der Waals surface area contributed by atoms with E-state index in [0.717, 1.165) is 22.2 Å². The monoisotopic (exact) mass is 244 g/mol. The molecule has 0 atom stereocenters. The van der Waals surface area contributed by atoms with Crippen LogP contribution in [0.3, 0.4) is 0 Å². The minimum Gasteiger partial charge on any atom is -0.480 e. The van der Waals surface area contributed by atoms with Gasteiger partial charge in [-0.25, -0.2) is 0 Å². The zero-order valence-electron chi connectivity index (χ0n) is 11.0. The molecule has 0 aliphatic carbocycles. The summed E-state index contributed by atoms with van der Waals surface area (Å²) in [6.45, 7) is 5.88. The minimum atomic E-state index is 0.605. The summed E-state index contributed by atoms with van der Waals surface area (Å²) in [5.74, 6) is 0.605. The van der Waals surface area contributed by atoms with E-state index in [2.05, 4.69) is 15.3 Å². The van der Waals surface area contributed by atoms with Crippen molar-refractivity contribution >= 4 is 16.6 Å². The molecule has 2 heterocycles. The van der Waals surface area contributed by atoms with Crippen molar-refractivity contribution in [1.29, 1.82) is 0 Å². The number of methoxy groups -OCH3 is 1. The molecule has 0 saturated carbocycles. The summed E-state index contributed by atoms with van der Waals surface area (Å²) >= 11 is 0. The highest BCUT2D eigenvalue weighted by atomic mass is 16.5. The van der Waals surface area contributed by atoms with E-state index in [-0.39, 0.29) is 0 Å². The summed E-state index contributed by atoms with van der Waals surface area (Å²) in [5, 5.41) is 9.02. The number of hydrogen-bond acceptors (Lipinski definition) is 4. The Labute approximate surface area is 105 Å². The van der Waals surface area contributed by atoms with Gasteiger partial charge in [-0.15, -0.1) is 5.10 Å². The van der Waals surface area contributed by atoms with Gasteiger partial charge in [-0.2, -0.15) is 9.50 Å². The van der Waals surface area contributed by atoms with Crippen molar-refractivity contribution in [2.45, 2.75) is 20.8 Å². The van der Waals surface area contributed by atoms with Gasteiger partial charge in [-0.1, -0.05) is 31.2 Å². The van der Waals surface area contributed by atoms with Gasteiger partial charge in [0, 0.05) is 0 Å². The molecule has 0 N–H and O–H groups in total. The van der Waals surface area contributed by atoms with E-state index in [9.17, 15) is 0 Å². The van der Waals surface area contributed by atoms with E-state index in [1.807, 2.05) is 45.0 Å². The molecular weight excluding hydrogens is 228 g/mol. The number of rotatable bonds is 1. The second-order valence-electron chi connectivity index (χ2n) is 3.55. The molecule has 3 aromatic rings. The predicted octanol–water partition coefficient (Wildman–Crippen LogP) is 2.62. The minimum absolute atomic E-state index is 0.605. The third-order valence-electron chi connectivity index (χ3n) is 2.57. The Bertz CT molecular complexity index is 675. The molecule has 0 fully saturated rings. The van der Waals surface area contributed by atoms with Crippen LogP contribution < -0.4 is 4.74 Å². The highest BCUT2D eigenvalue weighted by Gasteiger charge is 2.11. The molecule has 0 spiro atoms. The summed E-state index contributed by atoms with van der Waals surface area (Å²) in [5.41, 5.74) is 2.48. The largest absolute Gasteiger partial charge is 0.480 e. The van der Waals surface area contributed by atoms with E-state index in [0.29, 0.717) is 5.88 Å². The molecule has 5 heteroatoms. The number of aromatic nitrogens is 4. The third-order valence-corrected chi connectivity index (χ3v) is 2.57. The number of para-hydroxylation sites is 1. The summed E-state index contributed by atoms with van der Waals surface area (Å²) in [4.78, 5) is 4.40. The number of hydrogen-bond donors (Lipinski definition) is 0. The number of fused-ring (bicyclic) bond motifs is 3. The molecule has 3 rings (SSSR count). The smallest absolute Gasteiger partial charge is 0.224 e. The van der Waals surface area contributed by atoms with Crippen molar-refractivity contribution in [3.8, 4) is 5.88 Å². The van der Waals surface area contributed by atoms with Gasteiger partial charge in [0.25, 0.3) is 0 Å². The average molecular weight is 244 g/mol. The SMILES string of the molecule is CC.COc1nc2c(C)nnn2c2ccccc12. The zero-order valence-corrected chi connectivity index (χ0v) is 11.0. The molecule has 0 aliphatic heterocycles. The number of aryl methyl sites for hydroxylation is 1. The average Bonchev–Trinajstić information content (AvgIpc) is 2.82. The van der Waals surface area contributed by atoms with Gasteiger partial charge in [0.1, 0.15) is 5.69 Å². The lowest BCUT2D eigenvalue weighted by Gasteiger charge is -2.05. The van der Waals surface area contributed by atoms with Crippen molar-refractivity contribution in [3.63, 3.8) is 0 Å². The van der Waals surface area contributed by atoms with E-state index >= 15 is 0 Å². The number of benzene rings is 1. The standard InChI is InChI=1S/C11H10N4O.C2H6/c1-7-10-12-11(16-2)8-5-3-4-6-9(8)15(10)14-13-7;1-2/h3-6H,1-2H3;1-2H3. The van der Waals surface area contributed by atoms with Gasteiger partial charge >= 0.3 is 0 Å². The summed E-state index contributed by atoms with van der Waals surface area (Å²) in [6, 6.07) is 7.83. The Morgan fingerprint density at radius 2 is 1.89 bits per heavy atom. The van der Waals surface area contributed by atoms with Crippen molar-refractivity contribution < 1.29 is 4.74 Å². The van der Waals surface area contributed by atoms with Gasteiger partial charge in [0.05, 0.1) is 18.0 Å². The quantitative estimate of drug-likeness (QED) is 0.660. The molecule has 0 radical (unpaired) electrons. The van der Waals surface area contributed by atoms with E-state index < -0.39 is 0 Å². The summed E-state index contributed by atoms with van der Waals surface area (Å²) in [7, 11) is 1.62. The highest BCUT2D eigenvalue weighted by molar-refractivity contribution is 5.85. The highest BCUT2D eigenvalue weighted by Crippen LogP contribution is 2.24. The van der Waals surface area contributed by atoms with Crippen LogP contribution in [-0.2, 0) is 0 Å². The van der Waals surface area contributed by atoms with Crippen LogP contribution in [-0.4, -0.2) is 26.9 Å². The molecule has 0 unspecified atom stereocenters. The molecule has 0 aliphatic rings. The van der Waals surface area contributed by atoms with E-state index in [1.165, 1.54) is 0 Å². The van der Waals surface area contributed by atoms with Crippen molar-refractivity contribution in [2.24, 2.45) is 0 Å². The second-order valence-corrected chi connectivity index (χ2v) is 3.55. The Kier molecular flexibility index (Phi) is 3.41. The Morgan fingerprint density at radius 3 is 2.61 bits per heavy atom. The Balaban J connectivity index is 0.000000574. The van der Waals surface area contributed by atoms with E-state index in [1.54, 1.807) is 11.6 Å². The first-order valence-corrected chi connectivity index (χ1v) is 5.96. The van der Waals surface area contributed by atoms with Crippen LogP contribution >= 0.6 is 0 Å². The lowest BCUT2D eigenvalue weighted by atomic mass is 10.2. The normalized spacial score (nSPS) is 10.2. The molecule has 2 aromatic heterocycles. The molecule has 1 aromatic carbocycles. The van der Waals surface area contributed by atoms with Crippen LogP contribution in [0.25, 0.3) is 16.6 Å². The number of nitrogens with zero attached hydrogens (tertiary/aromatic N) is 4. The Hall–Kier alpha value is -2.17. The first-order chi connectivity index (χ1) is 8.81. The van der Waals surface area contributed by atoms with Crippen LogP contribution in [0.4, 0.5) is 0 Å². The molecular formula is C13H16N4O. The fourth-order valence-electron chi connectivity index (χ4n) is 1.79. The first-order valence-electron chi connectivity index (χ1n) is 5.96. The maximum absolute atomic E-state index is 5.28. The number of ether oxygens (including phenoxy) is 1. The van der Waals surface area contributed by atoms with Crippen LogP contribution in [0.2, 0.25) is 0 Å². The Morgan fingerprint density at radius 1 is 1.17 bits per heavy atom. The summed E-state index contributed by atoms with van der Waals surface area (Å²) in [6.07, 6.45) is 0. The molecule has 18 heavy (non-hydrogen) atoms. The van der Waals surface area contributed by atoms with E-state index in [4.69, 9.17) is 4.74 Å². The molecule has 94 valence electrons. The third kappa shape index (κ3) is 1.77. The lowest BCUT2D eigenvalue weighted by Crippen LogP contribution is -1.97. The lowest BCUT2D eigenvalue weighted by molar-refractivity contribution is 0.404. The van der Waals surface area contributed by atoms with Crippen LogP contribution in [0, 0.1) is 6.92 Å². The second kappa shape index (κ2) is 5.00. The zero-order chi connectivity index (χ0) is 13.1. The maximum Gasteiger partial charge on any atom is 0.224 e. The fraction of sp³-hybridized carbons (Fsp3) is 0.308.